The number of aliphatic hydroxyl groups is 1. The fraction of sp³-hybridized carbons (Fsp3) is 0.429. The van der Waals surface area contributed by atoms with Gasteiger partial charge in [0.05, 0.1) is 6.10 Å². The number of aliphatic hydroxyl groups excluding tert-OH is 1. The number of aromatic nitrogens is 2. The average molecular weight is 280 g/mol. The van der Waals surface area contributed by atoms with Gasteiger partial charge < -0.3 is 14.4 Å². The molecule has 2 rings (SSSR count). The number of ether oxygens (including phenoxy) is 1. The van der Waals surface area contributed by atoms with Crippen molar-refractivity contribution in [3.05, 3.63) is 41.3 Å². The lowest BCUT2D eigenvalue weighted by Gasteiger charge is -2.12. The van der Waals surface area contributed by atoms with Crippen molar-refractivity contribution in [2.24, 2.45) is 0 Å². The highest BCUT2D eigenvalue weighted by atomic mass is 19.1. The van der Waals surface area contributed by atoms with Crippen molar-refractivity contribution in [2.75, 3.05) is 0 Å². The lowest BCUT2D eigenvalue weighted by molar-refractivity contribution is 0.184. The van der Waals surface area contributed by atoms with Gasteiger partial charge in [-0.2, -0.15) is 4.98 Å². The van der Waals surface area contributed by atoms with E-state index in [1.54, 1.807) is 6.92 Å². The predicted octanol–water partition coefficient (Wildman–Crippen LogP) is 2.96. The van der Waals surface area contributed by atoms with Gasteiger partial charge in [-0.25, -0.2) is 4.39 Å². The van der Waals surface area contributed by atoms with Crippen molar-refractivity contribution >= 4 is 0 Å². The standard InChI is InChI=1S/C14H17FN2O3/c1-8(2)14-16-13(20-17-14)7-19-12-5-4-10(15)6-11(12)9(3)18/h4-6,8-9,18H,7H2,1-3H3. The van der Waals surface area contributed by atoms with Crippen molar-refractivity contribution < 1.29 is 18.8 Å². The van der Waals surface area contributed by atoms with Gasteiger partial charge >= 0.3 is 0 Å². The zero-order valence-electron chi connectivity index (χ0n) is 11.6. The van der Waals surface area contributed by atoms with E-state index in [4.69, 9.17) is 9.26 Å². The highest BCUT2D eigenvalue weighted by Gasteiger charge is 2.13. The Kier molecular flexibility index (Phi) is 4.34. The molecule has 5 nitrogen and oxygen atoms in total. The predicted molar refractivity (Wildman–Crippen MR) is 69.8 cm³/mol. The van der Waals surface area contributed by atoms with E-state index in [1.807, 2.05) is 13.8 Å². The van der Waals surface area contributed by atoms with E-state index in [0.717, 1.165) is 0 Å². The summed E-state index contributed by atoms with van der Waals surface area (Å²) in [6.07, 6.45) is -0.824. The molecule has 1 heterocycles. The molecule has 0 fully saturated rings. The summed E-state index contributed by atoms with van der Waals surface area (Å²) in [7, 11) is 0. The molecule has 20 heavy (non-hydrogen) atoms. The minimum Gasteiger partial charge on any atom is -0.483 e. The summed E-state index contributed by atoms with van der Waals surface area (Å²) in [4.78, 5) is 4.18. The van der Waals surface area contributed by atoms with Crippen LogP contribution >= 0.6 is 0 Å². The molecular formula is C14H17FN2O3. The van der Waals surface area contributed by atoms with Crippen molar-refractivity contribution in [2.45, 2.75) is 39.4 Å². The van der Waals surface area contributed by atoms with Crippen LogP contribution < -0.4 is 4.74 Å². The van der Waals surface area contributed by atoms with Crippen LogP contribution in [0.3, 0.4) is 0 Å². The van der Waals surface area contributed by atoms with E-state index in [1.165, 1.54) is 18.2 Å². The summed E-state index contributed by atoms with van der Waals surface area (Å²) in [5.41, 5.74) is 0.383. The molecular weight excluding hydrogens is 263 g/mol. The van der Waals surface area contributed by atoms with Crippen LogP contribution in [0.5, 0.6) is 5.75 Å². The lowest BCUT2D eigenvalue weighted by Crippen LogP contribution is -2.02. The Morgan fingerprint density at radius 1 is 1.35 bits per heavy atom. The van der Waals surface area contributed by atoms with E-state index in [-0.39, 0.29) is 12.5 Å². The first-order valence-electron chi connectivity index (χ1n) is 6.40. The summed E-state index contributed by atoms with van der Waals surface area (Å²) < 4.78 is 23.7. The van der Waals surface area contributed by atoms with Gasteiger partial charge in [0.15, 0.2) is 12.4 Å². The van der Waals surface area contributed by atoms with Crippen molar-refractivity contribution in [1.82, 2.24) is 10.1 Å². The Morgan fingerprint density at radius 2 is 2.10 bits per heavy atom. The minimum atomic E-state index is -0.824. The monoisotopic (exact) mass is 280 g/mol. The molecule has 0 aliphatic heterocycles. The first kappa shape index (κ1) is 14.5. The third-order valence-electron chi connectivity index (χ3n) is 2.77. The Labute approximate surface area is 116 Å². The second-order valence-electron chi connectivity index (χ2n) is 4.85. The first-order chi connectivity index (χ1) is 9.47. The fourth-order valence-corrected chi connectivity index (χ4v) is 1.68. The quantitative estimate of drug-likeness (QED) is 0.912. The molecule has 1 aromatic carbocycles. The molecule has 0 bridgehead atoms. The molecule has 0 saturated carbocycles. The summed E-state index contributed by atoms with van der Waals surface area (Å²) in [5, 5.41) is 13.4. The highest BCUT2D eigenvalue weighted by molar-refractivity contribution is 5.35. The first-order valence-corrected chi connectivity index (χ1v) is 6.40. The van der Waals surface area contributed by atoms with E-state index in [9.17, 15) is 9.50 Å². The van der Waals surface area contributed by atoms with E-state index < -0.39 is 11.9 Å². The maximum Gasteiger partial charge on any atom is 0.264 e. The van der Waals surface area contributed by atoms with Crippen LogP contribution in [-0.2, 0) is 6.61 Å². The number of benzene rings is 1. The molecule has 6 heteroatoms. The molecule has 2 aromatic rings. The van der Waals surface area contributed by atoms with Crippen LogP contribution in [0.25, 0.3) is 0 Å². The van der Waals surface area contributed by atoms with Gasteiger partial charge in [-0.15, -0.1) is 0 Å². The number of nitrogens with zero attached hydrogens (tertiary/aromatic N) is 2. The normalized spacial score (nSPS) is 12.7. The van der Waals surface area contributed by atoms with Gasteiger partial charge in [0.1, 0.15) is 11.6 Å². The van der Waals surface area contributed by atoms with E-state index in [0.29, 0.717) is 23.0 Å². The summed E-state index contributed by atoms with van der Waals surface area (Å²) in [5.74, 6) is 1.10. The second kappa shape index (κ2) is 6.00. The molecule has 1 N–H and O–H groups in total. The van der Waals surface area contributed by atoms with E-state index in [2.05, 4.69) is 10.1 Å². The second-order valence-corrected chi connectivity index (χ2v) is 4.85. The Balaban J connectivity index is 2.10. The maximum atomic E-state index is 13.2. The largest absolute Gasteiger partial charge is 0.483 e. The average Bonchev–Trinajstić information content (AvgIpc) is 2.86. The number of rotatable bonds is 5. The summed E-state index contributed by atoms with van der Waals surface area (Å²) >= 11 is 0. The van der Waals surface area contributed by atoms with Crippen LogP contribution in [0.2, 0.25) is 0 Å². The summed E-state index contributed by atoms with van der Waals surface area (Å²) in [6.45, 7) is 5.54. The van der Waals surface area contributed by atoms with Crippen LogP contribution in [0.4, 0.5) is 4.39 Å². The number of halogens is 1. The molecule has 0 radical (unpaired) electrons. The molecule has 0 amide bonds. The molecule has 1 unspecified atom stereocenters. The summed E-state index contributed by atoms with van der Waals surface area (Å²) in [6, 6.07) is 3.99. The van der Waals surface area contributed by atoms with Gasteiger partial charge in [0.2, 0.25) is 0 Å². The van der Waals surface area contributed by atoms with Crippen LogP contribution in [0.1, 0.15) is 50.1 Å². The Bertz CT molecular complexity index is 582. The minimum absolute atomic E-state index is 0.0745. The van der Waals surface area contributed by atoms with Gasteiger partial charge in [-0.1, -0.05) is 19.0 Å². The third kappa shape index (κ3) is 3.33. The molecule has 0 aliphatic rings. The lowest BCUT2D eigenvalue weighted by atomic mass is 10.1. The van der Waals surface area contributed by atoms with Crippen LogP contribution in [0.15, 0.2) is 22.7 Å². The van der Waals surface area contributed by atoms with Gasteiger partial charge in [0, 0.05) is 11.5 Å². The van der Waals surface area contributed by atoms with Gasteiger partial charge in [-0.3, -0.25) is 0 Å². The van der Waals surface area contributed by atoms with Crippen molar-refractivity contribution in [3.8, 4) is 5.75 Å². The Hall–Kier alpha value is -1.95. The Morgan fingerprint density at radius 3 is 2.70 bits per heavy atom. The van der Waals surface area contributed by atoms with Gasteiger partial charge in [-0.05, 0) is 25.1 Å². The highest BCUT2D eigenvalue weighted by Crippen LogP contribution is 2.26. The van der Waals surface area contributed by atoms with Crippen LogP contribution in [0, 0.1) is 5.82 Å². The molecule has 0 aliphatic carbocycles. The van der Waals surface area contributed by atoms with Crippen molar-refractivity contribution in [3.63, 3.8) is 0 Å². The number of hydrogen-bond donors (Lipinski definition) is 1. The molecule has 1 aromatic heterocycles. The smallest absolute Gasteiger partial charge is 0.264 e. The van der Waals surface area contributed by atoms with Crippen molar-refractivity contribution in [1.29, 1.82) is 0 Å². The zero-order valence-corrected chi connectivity index (χ0v) is 11.6. The third-order valence-corrected chi connectivity index (χ3v) is 2.77. The SMILES string of the molecule is CC(C)c1noc(COc2ccc(F)cc2C(C)O)n1. The topological polar surface area (TPSA) is 68.4 Å². The maximum absolute atomic E-state index is 13.2. The van der Waals surface area contributed by atoms with E-state index >= 15 is 0 Å². The number of hydrogen-bond acceptors (Lipinski definition) is 5. The van der Waals surface area contributed by atoms with Crippen LogP contribution in [-0.4, -0.2) is 15.2 Å². The molecule has 1 atom stereocenters. The fourth-order valence-electron chi connectivity index (χ4n) is 1.68. The zero-order chi connectivity index (χ0) is 14.7. The molecule has 0 saturated heterocycles. The molecule has 108 valence electrons. The van der Waals surface area contributed by atoms with Gasteiger partial charge in [0.25, 0.3) is 5.89 Å². The molecule has 0 spiro atoms.